The zero-order valence-corrected chi connectivity index (χ0v) is 12.5. The van der Waals surface area contributed by atoms with E-state index in [-0.39, 0.29) is 17.9 Å². The first kappa shape index (κ1) is 14.4. The van der Waals surface area contributed by atoms with E-state index in [0.29, 0.717) is 19.5 Å². The van der Waals surface area contributed by atoms with Crippen LogP contribution in [0.5, 0.6) is 0 Å². The van der Waals surface area contributed by atoms with Crippen LogP contribution in [0.1, 0.15) is 24.9 Å². The second-order valence-electron chi connectivity index (χ2n) is 5.81. The van der Waals surface area contributed by atoms with Crippen LogP contribution in [0.3, 0.4) is 0 Å². The molecule has 3 rings (SSSR count). The van der Waals surface area contributed by atoms with Gasteiger partial charge in [-0.05, 0) is 40.8 Å². The average Bonchev–Trinajstić information content (AvgIpc) is 2.92. The highest BCUT2D eigenvalue weighted by Gasteiger charge is 2.32. The van der Waals surface area contributed by atoms with Gasteiger partial charge in [-0.1, -0.05) is 41.5 Å². The van der Waals surface area contributed by atoms with E-state index in [1.165, 1.54) is 10.8 Å². The third kappa shape index (κ3) is 2.76. The van der Waals surface area contributed by atoms with Gasteiger partial charge in [-0.2, -0.15) is 0 Å². The second kappa shape index (κ2) is 6.08. The van der Waals surface area contributed by atoms with E-state index in [1.54, 1.807) is 0 Å². The molecule has 2 aromatic carbocycles. The van der Waals surface area contributed by atoms with Crippen LogP contribution >= 0.6 is 0 Å². The van der Waals surface area contributed by atoms with Crippen molar-refractivity contribution in [1.29, 1.82) is 0 Å². The van der Waals surface area contributed by atoms with Crippen LogP contribution in [0.25, 0.3) is 21.2 Å². The summed E-state index contributed by atoms with van der Waals surface area (Å²) in [6.45, 7) is 3.10. The number of hydrogen-bond acceptors (Lipinski definition) is 2. The lowest BCUT2D eigenvalue weighted by atomic mass is 10.0. The van der Waals surface area contributed by atoms with Gasteiger partial charge in [0.2, 0.25) is 5.91 Å². The normalized spacial score (nSPS) is 19.2. The van der Waals surface area contributed by atoms with Crippen molar-refractivity contribution in [1.82, 2.24) is 4.90 Å². The van der Waals surface area contributed by atoms with E-state index >= 15 is 0 Å². The maximum Gasteiger partial charge on any atom is 0.223 e. The topological polar surface area (TPSA) is 69.1 Å². The molecule has 0 aromatic heterocycles. The van der Waals surface area contributed by atoms with Crippen molar-refractivity contribution in [3.05, 3.63) is 58.5 Å². The Hall–Kier alpha value is -2.52. The lowest BCUT2D eigenvalue weighted by Gasteiger charge is -2.25. The van der Waals surface area contributed by atoms with Gasteiger partial charge in [0.15, 0.2) is 0 Å². The molecule has 0 radical (unpaired) electrons. The lowest BCUT2D eigenvalue weighted by molar-refractivity contribution is -0.129. The molecule has 2 atom stereocenters. The van der Waals surface area contributed by atoms with Crippen LogP contribution in [0.2, 0.25) is 0 Å². The molecule has 2 aromatic rings. The first-order valence-electron chi connectivity index (χ1n) is 7.48. The molecule has 0 bridgehead atoms. The summed E-state index contributed by atoms with van der Waals surface area (Å²) in [4.78, 5) is 16.9. The lowest BCUT2D eigenvalue weighted by Crippen LogP contribution is -2.28. The first-order chi connectivity index (χ1) is 10.7. The van der Waals surface area contributed by atoms with Crippen LogP contribution in [0.15, 0.2) is 47.6 Å². The van der Waals surface area contributed by atoms with Crippen LogP contribution < -0.4 is 0 Å². The van der Waals surface area contributed by atoms with E-state index in [9.17, 15) is 4.79 Å². The number of amides is 1. The average molecular weight is 294 g/mol. The fraction of sp³-hybridized carbons (Fsp3) is 0.353. The Morgan fingerprint density at radius 1 is 1.32 bits per heavy atom. The van der Waals surface area contributed by atoms with Crippen molar-refractivity contribution >= 4 is 16.7 Å². The molecular weight excluding hydrogens is 276 g/mol. The minimum Gasteiger partial charge on any atom is -0.336 e. The monoisotopic (exact) mass is 294 g/mol. The molecule has 1 heterocycles. The molecule has 112 valence electrons. The van der Waals surface area contributed by atoms with Crippen molar-refractivity contribution in [2.75, 3.05) is 13.1 Å². The smallest absolute Gasteiger partial charge is 0.223 e. The molecule has 1 unspecified atom stereocenters. The Kier molecular flexibility index (Phi) is 3.98. The molecule has 0 spiro atoms. The maximum atomic E-state index is 12.2. The molecule has 5 nitrogen and oxygen atoms in total. The third-order valence-corrected chi connectivity index (χ3v) is 4.37. The van der Waals surface area contributed by atoms with Crippen molar-refractivity contribution in [2.45, 2.75) is 19.4 Å². The summed E-state index contributed by atoms with van der Waals surface area (Å²) >= 11 is 0. The van der Waals surface area contributed by atoms with Crippen LogP contribution in [0, 0.1) is 5.92 Å². The van der Waals surface area contributed by atoms with Crippen molar-refractivity contribution in [3.63, 3.8) is 0 Å². The number of rotatable bonds is 4. The first-order valence-corrected chi connectivity index (χ1v) is 7.48. The number of hydrogen-bond donors (Lipinski definition) is 0. The van der Waals surface area contributed by atoms with E-state index < -0.39 is 0 Å². The molecule has 0 aliphatic carbocycles. The largest absolute Gasteiger partial charge is 0.336 e. The summed E-state index contributed by atoms with van der Waals surface area (Å²) in [7, 11) is 0. The summed E-state index contributed by atoms with van der Waals surface area (Å²) in [6, 6.07) is 14.6. The highest BCUT2D eigenvalue weighted by Crippen LogP contribution is 2.30. The summed E-state index contributed by atoms with van der Waals surface area (Å²) in [5.74, 6) is 0.269. The van der Waals surface area contributed by atoms with Gasteiger partial charge in [0.05, 0.1) is 6.04 Å². The summed E-state index contributed by atoms with van der Waals surface area (Å²) in [5, 5.41) is 5.98. The predicted octanol–water partition coefficient (Wildman–Crippen LogP) is 4.06. The van der Waals surface area contributed by atoms with E-state index in [1.807, 2.05) is 17.0 Å². The van der Waals surface area contributed by atoms with Crippen molar-refractivity contribution in [2.24, 2.45) is 11.0 Å². The second-order valence-corrected chi connectivity index (χ2v) is 5.81. The van der Waals surface area contributed by atoms with Crippen molar-refractivity contribution < 1.29 is 4.79 Å². The van der Waals surface area contributed by atoms with Gasteiger partial charge >= 0.3 is 0 Å². The molecule has 1 amide bonds. The number of carbonyl (C=O) groups is 1. The van der Waals surface area contributed by atoms with Crippen LogP contribution in [-0.4, -0.2) is 23.9 Å². The molecule has 1 aliphatic heterocycles. The van der Waals surface area contributed by atoms with Gasteiger partial charge in [0.1, 0.15) is 0 Å². The fourth-order valence-electron chi connectivity index (χ4n) is 3.10. The minimum atomic E-state index is 0.0353. The van der Waals surface area contributed by atoms with Gasteiger partial charge in [0, 0.05) is 24.4 Å². The summed E-state index contributed by atoms with van der Waals surface area (Å²) in [5.41, 5.74) is 9.54. The van der Waals surface area contributed by atoms with E-state index in [4.69, 9.17) is 5.53 Å². The Bertz CT molecular complexity index is 751. The number of fused-ring (bicyclic) bond motifs is 1. The molecule has 1 saturated heterocycles. The number of likely N-dealkylation sites (tertiary alicyclic amines) is 1. The van der Waals surface area contributed by atoms with E-state index in [0.717, 1.165) is 5.56 Å². The number of carbonyl (C=O) groups excluding carboxylic acids is 1. The van der Waals surface area contributed by atoms with Crippen LogP contribution in [0.4, 0.5) is 0 Å². The quantitative estimate of drug-likeness (QED) is 0.476. The van der Waals surface area contributed by atoms with Gasteiger partial charge in [-0.15, -0.1) is 0 Å². The Morgan fingerprint density at radius 3 is 2.86 bits per heavy atom. The number of azide groups is 1. The zero-order valence-electron chi connectivity index (χ0n) is 12.5. The molecular formula is C17H18N4O. The molecule has 0 saturated carbocycles. The minimum absolute atomic E-state index is 0.0353. The predicted molar refractivity (Wildman–Crippen MR) is 86.2 cm³/mol. The van der Waals surface area contributed by atoms with Crippen LogP contribution in [-0.2, 0) is 4.79 Å². The summed E-state index contributed by atoms with van der Waals surface area (Å²) in [6.07, 6.45) is 0.469. The highest BCUT2D eigenvalue weighted by atomic mass is 16.2. The SMILES string of the molecule is C[C@@H](c1ccc2ccccc2c1)N1CC(CN=[N+]=[N-])CC1=O. The third-order valence-electron chi connectivity index (χ3n) is 4.37. The molecule has 1 aliphatic rings. The van der Waals surface area contributed by atoms with Gasteiger partial charge in [-0.3, -0.25) is 4.79 Å². The van der Waals surface area contributed by atoms with E-state index in [2.05, 4.69) is 47.3 Å². The fourth-order valence-corrected chi connectivity index (χ4v) is 3.10. The van der Waals surface area contributed by atoms with Gasteiger partial charge in [-0.25, -0.2) is 0 Å². The molecule has 1 fully saturated rings. The van der Waals surface area contributed by atoms with Gasteiger partial charge in [0.25, 0.3) is 0 Å². The number of nitrogens with zero attached hydrogens (tertiary/aromatic N) is 4. The van der Waals surface area contributed by atoms with Gasteiger partial charge < -0.3 is 4.90 Å². The number of benzene rings is 2. The maximum absolute atomic E-state index is 12.2. The summed E-state index contributed by atoms with van der Waals surface area (Å²) < 4.78 is 0. The molecule has 22 heavy (non-hydrogen) atoms. The molecule has 5 heteroatoms. The Morgan fingerprint density at radius 2 is 2.09 bits per heavy atom. The zero-order chi connectivity index (χ0) is 15.5. The Balaban J connectivity index is 1.81. The Labute approximate surface area is 129 Å². The highest BCUT2D eigenvalue weighted by molar-refractivity contribution is 5.83. The molecule has 0 N–H and O–H groups in total. The standard InChI is InChI=1S/C17H18N4O/c1-12(21-11-13(8-17(21)22)10-19-20-18)15-7-6-14-4-2-3-5-16(14)9-15/h2-7,9,12-13H,8,10-11H2,1H3/t12-,13?/m0/s1. The van der Waals surface area contributed by atoms with Crippen molar-refractivity contribution in [3.8, 4) is 0 Å².